The number of hydrogen-bond acceptors (Lipinski definition) is 5. The molecule has 0 bridgehead atoms. The second-order valence-electron chi connectivity index (χ2n) is 5.51. The molecular weight excluding hydrogens is 276 g/mol. The molecule has 1 atom stereocenters. The summed E-state index contributed by atoms with van der Waals surface area (Å²) in [6.45, 7) is 5.16. The predicted molar refractivity (Wildman–Crippen MR) is 71.5 cm³/mol. The first-order valence-corrected chi connectivity index (χ1v) is 9.32. The van der Waals surface area contributed by atoms with Crippen LogP contribution in [-0.4, -0.2) is 45.2 Å². The summed E-state index contributed by atoms with van der Waals surface area (Å²) < 4.78 is 49.5. The molecule has 1 unspecified atom stereocenters. The summed E-state index contributed by atoms with van der Waals surface area (Å²) in [5, 5.41) is -0.640. The van der Waals surface area contributed by atoms with Crippen molar-refractivity contribution in [3.8, 4) is 0 Å². The van der Waals surface area contributed by atoms with Crippen LogP contribution in [0, 0.1) is 0 Å². The number of hydrogen-bond donors (Lipinski definition) is 2. The normalized spacial score (nSPS) is 23.8. The number of sulfone groups is 1. The largest absolute Gasteiger partial charge is 0.326 e. The second kappa shape index (κ2) is 5.07. The quantitative estimate of drug-likeness (QED) is 0.735. The van der Waals surface area contributed by atoms with Crippen molar-refractivity contribution >= 4 is 19.9 Å². The highest BCUT2D eigenvalue weighted by atomic mass is 32.2. The monoisotopic (exact) mass is 298 g/mol. The maximum Gasteiger partial charge on any atom is 0.215 e. The van der Waals surface area contributed by atoms with Gasteiger partial charge in [0.05, 0.1) is 16.8 Å². The molecule has 0 saturated carbocycles. The van der Waals surface area contributed by atoms with Crippen LogP contribution in [0.4, 0.5) is 0 Å². The van der Waals surface area contributed by atoms with Gasteiger partial charge in [-0.2, -0.15) is 0 Å². The third kappa shape index (κ3) is 3.91. The number of sulfonamides is 1. The van der Waals surface area contributed by atoms with Crippen LogP contribution in [0.1, 0.15) is 33.6 Å². The lowest BCUT2D eigenvalue weighted by Crippen LogP contribution is -2.57. The summed E-state index contributed by atoms with van der Waals surface area (Å²) in [4.78, 5) is 0. The zero-order chi connectivity index (χ0) is 14.2. The van der Waals surface area contributed by atoms with Crippen molar-refractivity contribution in [2.24, 2.45) is 5.73 Å². The molecular formula is C10H22N2O4S2. The van der Waals surface area contributed by atoms with E-state index < -0.39 is 30.6 Å². The zero-order valence-electron chi connectivity index (χ0n) is 11.0. The summed E-state index contributed by atoms with van der Waals surface area (Å²) in [5.74, 6) is -0.117. The molecule has 1 saturated heterocycles. The summed E-state index contributed by atoms with van der Waals surface area (Å²) in [6, 6.07) is -0.334. The van der Waals surface area contributed by atoms with E-state index in [-0.39, 0.29) is 30.4 Å². The van der Waals surface area contributed by atoms with Crippen LogP contribution in [0.5, 0.6) is 0 Å². The van der Waals surface area contributed by atoms with E-state index in [2.05, 4.69) is 4.72 Å². The van der Waals surface area contributed by atoms with Gasteiger partial charge in [-0.1, -0.05) is 0 Å². The lowest BCUT2D eigenvalue weighted by Gasteiger charge is -2.33. The topological polar surface area (TPSA) is 106 Å². The average Bonchev–Trinajstić information content (AvgIpc) is 2.14. The van der Waals surface area contributed by atoms with Gasteiger partial charge in [-0.25, -0.2) is 21.6 Å². The lowest BCUT2D eigenvalue weighted by molar-refractivity contribution is 0.384. The van der Waals surface area contributed by atoms with Gasteiger partial charge in [0.2, 0.25) is 10.0 Å². The molecule has 0 radical (unpaired) electrons. The molecule has 0 aliphatic carbocycles. The molecule has 1 aliphatic rings. The summed E-state index contributed by atoms with van der Waals surface area (Å²) in [6.07, 6.45) is 0.319. The number of nitrogens with one attached hydrogen (secondary N) is 1. The van der Waals surface area contributed by atoms with E-state index in [4.69, 9.17) is 5.73 Å². The Morgan fingerprint density at radius 3 is 2.11 bits per heavy atom. The van der Waals surface area contributed by atoms with Crippen LogP contribution >= 0.6 is 0 Å². The molecule has 6 nitrogen and oxygen atoms in total. The molecule has 0 aromatic rings. The average molecular weight is 298 g/mol. The van der Waals surface area contributed by atoms with E-state index in [1.165, 1.54) is 0 Å². The number of nitrogens with two attached hydrogens (primary N) is 1. The minimum Gasteiger partial charge on any atom is -0.326 e. The van der Waals surface area contributed by atoms with E-state index >= 15 is 0 Å². The molecule has 1 heterocycles. The van der Waals surface area contributed by atoms with Crippen molar-refractivity contribution in [2.45, 2.75) is 50.4 Å². The van der Waals surface area contributed by atoms with E-state index in [0.29, 0.717) is 0 Å². The standard InChI is InChI=1S/C10H22N2O4S2/c1-8(11)10(2,3)12-18(15,16)9-4-6-17(13,14)7-5-9/h8-9,12H,4-7,11H2,1-3H3. The summed E-state index contributed by atoms with van der Waals surface area (Å²) in [7, 11) is -6.58. The van der Waals surface area contributed by atoms with Crippen LogP contribution in [0.25, 0.3) is 0 Å². The van der Waals surface area contributed by atoms with Crippen molar-refractivity contribution < 1.29 is 16.8 Å². The second-order valence-corrected chi connectivity index (χ2v) is 9.77. The molecule has 1 fully saturated rings. The Morgan fingerprint density at radius 1 is 1.28 bits per heavy atom. The molecule has 3 N–H and O–H groups in total. The molecule has 1 rings (SSSR count). The molecule has 18 heavy (non-hydrogen) atoms. The molecule has 0 spiro atoms. The summed E-state index contributed by atoms with van der Waals surface area (Å²) in [5.41, 5.74) is 4.99. The lowest BCUT2D eigenvalue weighted by atomic mass is 9.99. The predicted octanol–water partition coefficient (Wildman–Crippen LogP) is -0.391. The SMILES string of the molecule is CC(N)C(C)(C)NS(=O)(=O)C1CCS(=O)(=O)CC1. The van der Waals surface area contributed by atoms with Crippen LogP contribution < -0.4 is 10.5 Å². The van der Waals surface area contributed by atoms with Gasteiger partial charge in [0.15, 0.2) is 0 Å². The van der Waals surface area contributed by atoms with Crippen LogP contribution in [-0.2, 0) is 19.9 Å². The third-order valence-corrected chi connectivity index (χ3v) is 7.36. The minimum absolute atomic E-state index is 0.0583. The van der Waals surface area contributed by atoms with E-state index in [0.717, 1.165) is 0 Å². The van der Waals surface area contributed by atoms with Gasteiger partial charge in [-0.3, -0.25) is 0 Å². The van der Waals surface area contributed by atoms with Crippen molar-refractivity contribution in [1.82, 2.24) is 4.72 Å². The number of rotatable bonds is 4. The fourth-order valence-electron chi connectivity index (χ4n) is 1.72. The van der Waals surface area contributed by atoms with Crippen LogP contribution in [0.3, 0.4) is 0 Å². The first kappa shape index (κ1) is 15.9. The maximum atomic E-state index is 12.2. The molecule has 1 aliphatic heterocycles. The Balaban J connectivity index is 2.78. The van der Waals surface area contributed by atoms with Crippen molar-refractivity contribution in [2.75, 3.05) is 11.5 Å². The molecule has 108 valence electrons. The first-order chi connectivity index (χ1) is 7.96. The van der Waals surface area contributed by atoms with Gasteiger partial charge in [0, 0.05) is 11.6 Å². The van der Waals surface area contributed by atoms with Gasteiger partial charge in [0.25, 0.3) is 0 Å². The smallest absolute Gasteiger partial charge is 0.215 e. The van der Waals surface area contributed by atoms with Crippen molar-refractivity contribution in [1.29, 1.82) is 0 Å². The van der Waals surface area contributed by atoms with Gasteiger partial charge >= 0.3 is 0 Å². The Hall–Kier alpha value is -0.180. The van der Waals surface area contributed by atoms with Gasteiger partial charge in [0.1, 0.15) is 9.84 Å². The Kier molecular flexibility index (Phi) is 4.47. The highest BCUT2D eigenvalue weighted by Gasteiger charge is 2.37. The van der Waals surface area contributed by atoms with Crippen molar-refractivity contribution in [3.63, 3.8) is 0 Å². The highest BCUT2D eigenvalue weighted by Crippen LogP contribution is 2.21. The Morgan fingerprint density at radius 2 is 1.72 bits per heavy atom. The Labute approximate surface area is 109 Å². The maximum absolute atomic E-state index is 12.2. The van der Waals surface area contributed by atoms with Gasteiger partial charge in [-0.05, 0) is 33.6 Å². The molecule has 8 heteroatoms. The van der Waals surface area contributed by atoms with E-state index in [1.54, 1.807) is 20.8 Å². The van der Waals surface area contributed by atoms with E-state index in [9.17, 15) is 16.8 Å². The first-order valence-electron chi connectivity index (χ1n) is 5.95. The molecule has 0 amide bonds. The van der Waals surface area contributed by atoms with Crippen LogP contribution in [0.2, 0.25) is 0 Å². The third-order valence-electron chi connectivity index (χ3n) is 3.48. The minimum atomic E-state index is -3.53. The van der Waals surface area contributed by atoms with E-state index in [1.807, 2.05) is 0 Å². The Bertz CT molecular complexity index is 480. The van der Waals surface area contributed by atoms with Crippen molar-refractivity contribution in [3.05, 3.63) is 0 Å². The highest BCUT2D eigenvalue weighted by molar-refractivity contribution is 7.92. The molecule has 0 aromatic heterocycles. The van der Waals surface area contributed by atoms with Gasteiger partial charge < -0.3 is 5.73 Å². The van der Waals surface area contributed by atoms with Crippen LogP contribution in [0.15, 0.2) is 0 Å². The fraction of sp³-hybridized carbons (Fsp3) is 1.00. The zero-order valence-corrected chi connectivity index (χ0v) is 12.6. The fourth-order valence-corrected chi connectivity index (χ4v) is 5.45. The van der Waals surface area contributed by atoms with Gasteiger partial charge in [-0.15, -0.1) is 0 Å². The molecule has 0 aromatic carbocycles. The summed E-state index contributed by atoms with van der Waals surface area (Å²) >= 11 is 0.